The van der Waals surface area contributed by atoms with Gasteiger partial charge in [-0.25, -0.2) is 0 Å². The van der Waals surface area contributed by atoms with E-state index in [1.54, 1.807) is 0 Å². The van der Waals surface area contributed by atoms with E-state index in [0.717, 1.165) is 24.7 Å². The Hall–Kier alpha value is -0.330. The zero-order valence-corrected chi connectivity index (χ0v) is 13.4. The van der Waals surface area contributed by atoms with Crippen molar-refractivity contribution in [1.29, 1.82) is 0 Å². The van der Waals surface area contributed by atoms with Crippen LogP contribution in [0.4, 0.5) is 0 Å². The highest BCUT2D eigenvalue weighted by Crippen LogP contribution is 2.45. The number of hydrogen-bond donors (Lipinski definition) is 0. The smallest absolute Gasteiger partial charge is 0.136 e. The third kappa shape index (κ3) is 3.61. The van der Waals surface area contributed by atoms with Crippen LogP contribution in [0, 0.1) is 29.1 Å². The zero-order chi connectivity index (χ0) is 14.0. The molecule has 0 aliphatic heterocycles. The number of Topliss-reactive ketones (excluding diaryl/α,β-unsaturated/α-hetero) is 1. The molecule has 2 unspecified atom stereocenters. The average molecular weight is 264 g/mol. The first-order valence-electron chi connectivity index (χ1n) is 8.44. The molecule has 0 aromatic carbocycles. The molecule has 2 saturated carbocycles. The van der Waals surface area contributed by atoms with Gasteiger partial charge in [-0.05, 0) is 48.9 Å². The van der Waals surface area contributed by atoms with Crippen molar-refractivity contribution in [3.8, 4) is 0 Å². The van der Waals surface area contributed by atoms with E-state index >= 15 is 0 Å². The fourth-order valence-electron chi connectivity index (χ4n) is 4.30. The summed E-state index contributed by atoms with van der Waals surface area (Å²) in [6.45, 7) is 9.35. The molecule has 0 aromatic rings. The van der Waals surface area contributed by atoms with Gasteiger partial charge in [0, 0.05) is 12.3 Å². The third-order valence-electron chi connectivity index (χ3n) is 5.95. The Bertz CT molecular complexity index is 304. The van der Waals surface area contributed by atoms with Crippen LogP contribution < -0.4 is 0 Å². The number of ketones is 1. The summed E-state index contributed by atoms with van der Waals surface area (Å²) in [5.74, 6) is 3.38. The van der Waals surface area contributed by atoms with Crippen LogP contribution in [-0.4, -0.2) is 5.78 Å². The fourth-order valence-corrected chi connectivity index (χ4v) is 4.30. The summed E-state index contributed by atoms with van der Waals surface area (Å²) >= 11 is 0. The Balaban J connectivity index is 1.96. The number of carbonyl (C=O) groups excluding carboxylic acids is 1. The van der Waals surface area contributed by atoms with Crippen LogP contribution in [0.5, 0.6) is 0 Å². The first kappa shape index (κ1) is 15.1. The molecule has 0 aromatic heterocycles. The third-order valence-corrected chi connectivity index (χ3v) is 5.95. The summed E-state index contributed by atoms with van der Waals surface area (Å²) in [6.07, 6.45) is 9.83. The molecule has 2 rings (SSSR count). The minimum absolute atomic E-state index is 0.375. The van der Waals surface area contributed by atoms with Crippen molar-refractivity contribution in [2.24, 2.45) is 29.1 Å². The highest BCUT2D eigenvalue weighted by molar-refractivity contribution is 5.82. The Labute approximate surface area is 119 Å². The molecular formula is C18H32O. The lowest BCUT2D eigenvalue weighted by atomic mass is 9.63. The molecule has 110 valence electrons. The van der Waals surface area contributed by atoms with Crippen LogP contribution in [0.1, 0.15) is 79.1 Å². The second-order valence-electron chi connectivity index (χ2n) is 8.10. The molecule has 0 saturated heterocycles. The van der Waals surface area contributed by atoms with Gasteiger partial charge in [-0.3, -0.25) is 4.79 Å². The van der Waals surface area contributed by atoms with Crippen molar-refractivity contribution >= 4 is 5.78 Å². The highest BCUT2D eigenvalue weighted by Gasteiger charge is 2.39. The molecule has 1 heteroatoms. The molecule has 0 heterocycles. The number of hydrogen-bond acceptors (Lipinski definition) is 1. The molecular weight excluding hydrogens is 232 g/mol. The molecule has 2 aliphatic carbocycles. The van der Waals surface area contributed by atoms with Crippen molar-refractivity contribution in [2.75, 3.05) is 0 Å². The van der Waals surface area contributed by atoms with E-state index in [2.05, 4.69) is 27.7 Å². The van der Waals surface area contributed by atoms with Crippen LogP contribution >= 0.6 is 0 Å². The zero-order valence-electron chi connectivity index (χ0n) is 13.4. The summed E-state index contributed by atoms with van der Waals surface area (Å²) < 4.78 is 0. The van der Waals surface area contributed by atoms with E-state index in [4.69, 9.17) is 0 Å². The topological polar surface area (TPSA) is 17.1 Å². The molecule has 0 radical (unpaired) electrons. The predicted octanol–water partition coefficient (Wildman–Crippen LogP) is 5.23. The van der Waals surface area contributed by atoms with Crippen LogP contribution in [0.25, 0.3) is 0 Å². The number of rotatable bonds is 2. The van der Waals surface area contributed by atoms with Crippen LogP contribution in [0.3, 0.4) is 0 Å². The standard InChI is InChI=1S/C18H32O/c1-5-13-6-8-14(9-7-13)16-12-15(18(2,3)4)10-11-17(16)19/h13-16H,5-12H2,1-4H3. The Morgan fingerprint density at radius 3 is 2.21 bits per heavy atom. The summed E-state index contributed by atoms with van der Waals surface area (Å²) in [4.78, 5) is 12.3. The van der Waals surface area contributed by atoms with Gasteiger partial charge in [-0.1, -0.05) is 47.0 Å². The number of carbonyl (C=O) groups is 1. The Morgan fingerprint density at radius 1 is 1.05 bits per heavy atom. The van der Waals surface area contributed by atoms with E-state index in [0.29, 0.717) is 23.0 Å². The van der Waals surface area contributed by atoms with Crippen molar-refractivity contribution in [3.05, 3.63) is 0 Å². The van der Waals surface area contributed by atoms with E-state index in [-0.39, 0.29) is 0 Å². The molecule has 2 fully saturated rings. The van der Waals surface area contributed by atoms with Gasteiger partial charge in [0.25, 0.3) is 0 Å². The quantitative estimate of drug-likeness (QED) is 0.667. The largest absolute Gasteiger partial charge is 0.299 e. The van der Waals surface area contributed by atoms with Crippen molar-refractivity contribution < 1.29 is 4.79 Å². The lowest BCUT2D eigenvalue weighted by Crippen LogP contribution is -2.37. The summed E-state index contributed by atoms with van der Waals surface area (Å²) in [5.41, 5.74) is 0.375. The van der Waals surface area contributed by atoms with Crippen LogP contribution in [0.2, 0.25) is 0 Å². The van der Waals surface area contributed by atoms with Gasteiger partial charge in [-0.2, -0.15) is 0 Å². The van der Waals surface area contributed by atoms with E-state index in [1.165, 1.54) is 38.5 Å². The Morgan fingerprint density at radius 2 is 1.68 bits per heavy atom. The molecule has 19 heavy (non-hydrogen) atoms. The van der Waals surface area contributed by atoms with E-state index in [9.17, 15) is 4.79 Å². The predicted molar refractivity (Wildman–Crippen MR) is 81.0 cm³/mol. The van der Waals surface area contributed by atoms with Crippen LogP contribution in [-0.2, 0) is 4.79 Å². The molecule has 2 atom stereocenters. The molecule has 0 N–H and O–H groups in total. The maximum atomic E-state index is 12.3. The SMILES string of the molecule is CCC1CCC(C2CC(C(C)(C)C)CCC2=O)CC1. The minimum Gasteiger partial charge on any atom is -0.299 e. The van der Waals surface area contributed by atoms with Gasteiger partial charge in [0.1, 0.15) is 5.78 Å². The normalized spacial score (nSPS) is 37.4. The van der Waals surface area contributed by atoms with Crippen molar-refractivity contribution in [1.82, 2.24) is 0 Å². The fraction of sp³-hybridized carbons (Fsp3) is 0.944. The van der Waals surface area contributed by atoms with Crippen molar-refractivity contribution in [3.63, 3.8) is 0 Å². The van der Waals surface area contributed by atoms with Gasteiger partial charge in [0.05, 0.1) is 0 Å². The highest BCUT2D eigenvalue weighted by atomic mass is 16.1. The van der Waals surface area contributed by atoms with E-state index < -0.39 is 0 Å². The molecule has 0 bridgehead atoms. The minimum atomic E-state index is 0.375. The molecule has 1 nitrogen and oxygen atoms in total. The maximum Gasteiger partial charge on any atom is 0.136 e. The summed E-state index contributed by atoms with van der Waals surface area (Å²) in [7, 11) is 0. The lowest BCUT2D eigenvalue weighted by molar-refractivity contribution is -0.129. The second kappa shape index (κ2) is 5.97. The maximum absolute atomic E-state index is 12.3. The van der Waals surface area contributed by atoms with Gasteiger partial charge in [0.15, 0.2) is 0 Å². The van der Waals surface area contributed by atoms with Gasteiger partial charge >= 0.3 is 0 Å². The van der Waals surface area contributed by atoms with Gasteiger partial charge in [0.2, 0.25) is 0 Å². The molecule has 2 aliphatic rings. The Kier molecular flexibility index (Phi) is 4.74. The summed E-state index contributed by atoms with van der Waals surface area (Å²) in [5, 5.41) is 0. The first-order chi connectivity index (χ1) is 8.91. The summed E-state index contributed by atoms with van der Waals surface area (Å²) in [6, 6.07) is 0. The van der Waals surface area contributed by atoms with Gasteiger partial charge in [-0.15, -0.1) is 0 Å². The van der Waals surface area contributed by atoms with Gasteiger partial charge < -0.3 is 0 Å². The lowest BCUT2D eigenvalue weighted by Gasteiger charge is -2.41. The van der Waals surface area contributed by atoms with Crippen LogP contribution in [0.15, 0.2) is 0 Å². The van der Waals surface area contributed by atoms with E-state index in [1.807, 2.05) is 0 Å². The first-order valence-corrected chi connectivity index (χ1v) is 8.44. The molecule has 0 amide bonds. The monoisotopic (exact) mass is 264 g/mol. The molecule has 0 spiro atoms. The average Bonchev–Trinajstić information content (AvgIpc) is 2.38. The second-order valence-corrected chi connectivity index (χ2v) is 8.10. The van der Waals surface area contributed by atoms with Crippen molar-refractivity contribution in [2.45, 2.75) is 79.1 Å².